The lowest BCUT2D eigenvalue weighted by Crippen LogP contribution is -2.37. The van der Waals surface area contributed by atoms with Gasteiger partial charge in [0, 0.05) is 48.7 Å². The number of hydrogen-bond donors (Lipinski definition) is 0. The molecule has 0 aliphatic carbocycles. The average molecular weight is 362 g/mol. The lowest BCUT2D eigenvalue weighted by molar-refractivity contribution is 0.0732. The van der Waals surface area contributed by atoms with Gasteiger partial charge in [-0.1, -0.05) is 12.1 Å². The molecule has 0 spiro atoms. The van der Waals surface area contributed by atoms with Gasteiger partial charge in [0.05, 0.1) is 11.3 Å². The van der Waals surface area contributed by atoms with Crippen molar-refractivity contribution in [3.63, 3.8) is 0 Å². The normalized spacial score (nSPS) is 13.4. The number of benzene rings is 1. The van der Waals surface area contributed by atoms with Crippen LogP contribution in [-0.4, -0.2) is 32.3 Å². The second-order valence-electron chi connectivity index (χ2n) is 6.80. The molecule has 1 aromatic carbocycles. The molecule has 0 unspecified atom stereocenters. The lowest BCUT2D eigenvalue weighted by atomic mass is 10.0. The van der Waals surface area contributed by atoms with Crippen LogP contribution in [0.15, 0.2) is 42.7 Å². The number of fused-ring (bicyclic) bond motifs is 1. The second kappa shape index (κ2) is 6.87. The SMILES string of the molecule is Cc1cncc(C(=O)N2CCc3nc(-c4cccc(F)c4)nc(C)c3C2)c1. The van der Waals surface area contributed by atoms with E-state index in [4.69, 9.17) is 0 Å². The van der Waals surface area contributed by atoms with Crippen LogP contribution in [0.5, 0.6) is 0 Å². The van der Waals surface area contributed by atoms with E-state index in [-0.39, 0.29) is 11.7 Å². The maximum absolute atomic E-state index is 13.5. The summed E-state index contributed by atoms with van der Waals surface area (Å²) < 4.78 is 13.5. The molecule has 27 heavy (non-hydrogen) atoms. The van der Waals surface area contributed by atoms with Crippen LogP contribution in [0.1, 0.15) is 32.9 Å². The van der Waals surface area contributed by atoms with Crippen molar-refractivity contribution in [1.82, 2.24) is 19.9 Å². The Morgan fingerprint density at radius 2 is 2.00 bits per heavy atom. The largest absolute Gasteiger partial charge is 0.334 e. The van der Waals surface area contributed by atoms with Gasteiger partial charge in [-0.3, -0.25) is 9.78 Å². The molecule has 2 aromatic heterocycles. The number of carbonyl (C=O) groups is 1. The molecule has 0 saturated heterocycles. The van der Waals surface area contributed by atoms with Crippen LogP contribution < -0.4 is 0 Å². The van der Waals surface area contributed by atoms with Crippen LogP contribution in [0, 0.1) is 19.7 Å². The van der Waals surface area contributed by atoms with E-state index in [0.29, 0.717) is 36.5 Å². The van der Waals surface area contributed by atoms with Crippen molar-refractivity contribution < 1.29 is 9.18 Å². The first kappa shape index (κ1) is 17.3. The monoisotopic (exact) mass is 362 g/mol. The smallest absolute Gasteiger partial charge is 0.255 e. The summed E-state index contributed by atoms with van der Waals surface area (Å²) >= 11 is 0. The summed E-state index contributed by atoms with van der Waals surface area (Å²) in [6, 6.07) is 8.14. The maximum atomic E-state index is 13.5. The average Bonchev–Trinajstić information content (AvgIpc) is 2.67. The third-order valence-corrected chi connectivity index (χ3v) is 4.76. The zero-order chi connectivity index (χ0) is 19.0. The van der Waals surface area contributed by atoms with Crippen molar-refractivity contribution >= 4 is 5.91 Å². The third-order valence-electron chi connectivity index (χ3n) is 4.76. The van der Waals surface area contributed by atoms with E-state index in [2.05, 4.69) is 15.0 Å². The van der Waals surface area contributed by atoms with Crippen LogP contribution in [-0.2, 0) is 13.0 Å². The number of nitrogens with zero attached hydrogens (tertiary/aromatic N) is 4. The van der Waals surface area contributed by atoms with Crippen molar-refractivity contribution in [3.8, 4) is 11.4 Å². The highest BCUT2D eigenvalue weighted by atomic mass is 19.1. The van der Waals surface area contributed by atoms with E-state index < -0.39 is 0 Å². The minimum atomic E-state index is -0.310. The summed E-state index contributed by atoms with van der Waals surface area (Å²) in [5, 5.41) is 0. The van der Waals surface area contributed by atoms with Crippen molar-refractivity contribution in [2.75, 3.05) is 6.54 Å². The molecule has 0 radical (unpaired) electrons. The fourth-order valence-electron chi connectivity index (χ4n) is 3.36. The van der Waals surface area contributed by atoms with Gasteiger partial charge in [-0.15, -0.1) is 0 Å². The zero-order valence-electron chi connectivity index (χ0n) is 15.2. The maximum Gasteiger partial charge on any atom is 0.255 e. The Kier molecular flexibility index (Phi) is 4.39. The van der Waals surface area contributed by atoms with Gasteiger partial charge in [0.25, 0.3) is 5.91 Å². The molecule has 6 heteroatoms. The molecule has 3 heterocycles. The Balaban J connectivity index is 1.63. The molecule has 4 rings (SSSR count). The van der Waals surface area contributed by atoms with Gasteiger partial charge in [0.15, 0.2) is 5.82 Å². The molecule has 0 saturated carbocycles. The van der Waals surface area contributed by atoms with E-state index >= 15 is 0 Å². The summed E-state index contributed by atoms with van der Waals surface area (Å²) in [5.41, 5.74) is 4.92. The molecule has 0 N–H and O–H groups in total. The highest BCUT2D eigenvalue weighted by Gasteiger charge is 2.25. The quantitative estimate of drug-likeness (QED) is 0.700. The fourth-order valence-corrected chi connectivity index (χ4v) is 3.36. The standard InChI is InChI=1S/C21H19FN4O/c1-13-8-16(11-23-10-13)21(27)26-7-6-19-18(12-26)14(2)24-20(25-19)15-4-3-5-17(22)9-15/h3-5,8-11H,6-7,12H2,1-2H3. The van der Waals surface area contributed by atoms with E-state index in [1.165, 1.54) is 12.1 Å². The summed E-state index contributed by atoms with van der Waals surface area (Å²) in [7, 11) is 0. The molecule has 0 fully saturated rings. The highest BCUT2D eigenvalue weighted by Crippen LogP contribution is 2.25. The Labute approximate surface area is 156 Å². The van der Waals surface area contributed by atoms with E-state index in [1.54, 1.807) is 29.4 Å². The number of amides is 1. The Morgan fingerprint density at radius 3 is 2.78 bits per heavy atom. The van der Waals surface area contributed by atoms with Gasteiger partial charge in [0.1, 0.15) is 5.82 Å². The molecular formula is C21H19FN4O. The van der Waals surface area contributed by atoms with Gasteiger partial charge < -0.3 is 4.90 Å². The Hall–Kier alpha value is -3.15. The molecule has 1 amide bonds. The number of hydrogen-bond acceptors (Lipinski definition) is 4. The first-order chi connectivity index (χ1) is 13.0. The highest BCUT2D eigenvalue weighted by molar-refractivity contribution is 5.94. The van der Waals surface area contributed by atoms with Gasteiger partial charge in [-0.05, 0) is 37.6 Å². The molecule has 1 aliphatic rings. The van der Waals surface area contributed by atoms with Gasteiger partial charge in [-0.2, -0.15) is 0 Å². The number of rotatable bonds is 2. The molecule has 0 bridgehead atoms. The van der Waals surface area contributed by atoms with Gasteiger partial charge >= 0.3 is 0 Å². The van der Waals surface area contributed by atoms with Crippen molar-refractivity contribution in [2.45, 2.75) is 26.8 Å². The second-order valence-corrected chi connectivity index (χ2v) is 6.80. The number of carbonyl (C=O) groups excluding carboxylic acids is 1. The minimum Gasteiger partial charge on any atom is -0.334 e. The zero-order valence-corrected chi connectivity index (χ0v) is 15.2. The van der Waals surface area contributed by atoms with E-state index in [1.807, 2.05) is 19.9 Å². The fraction of sp³-hybridized carbons (Fsp3) is 0.238. The van der Waals surface area contributed by atoms with Gasteiger partial charge in [-0.25, -0.2) is 14.4 Å². The van der Waals surface area contributed by atoms with Crippen molar-refractivity contribution in [2.24, 2.45) is 0 Å². The molecular weight excluding hydrogens is 343 g/mol. The predicted molar refractivity (Wildman–Crippen MR) is 99.6 cm³/mol. The number of halogens is 1. The van der Waals surface area contributed by atoms with Crippen LogP contribution in [0.4, 0.5) is 4.39 Å². The van der Waals surface area contributed by atoms with E-state index in [9.17, 15) is 9.18 Å². The third kappa shape index (κ3) is 3.43. The summed E-state index contributed by atoms with van der Waals surface area (Å²) in [6.45, 7) is 4.88. The summed E-state index contributed by atoms with van der Waals surface area (Å²) in [5.74, 6) is 0.175. The van der Waals surface area contributed by atoms with Crippen molar-refractivity contribution in [1.29, 1.82) is 0 Å². The summed E-state index contributed by atoms with van der Waals surface area (Å²) in [6.07, 6.45) is 3.97. The first-order valence-electron chi connectivity index (χ1n) is 8.84. The number of aryl methyl sites for hydroxylation is 2. The molecule has 136 valence electrons. The first-order valence-corrected chi connectivity index (χ1v) is 8.84. The van der Waals surface area contributed by atoms with E-state index in [0.717, 1.165) is 22.5 Å². The predicted octanol–water partition coefficient (Wildman–Crippen LogP) is 3.49. The van der Waals surface area contributed by atoms with Crippen LogP contribution in [0.25, 0.3) is 11.4 Å². The minimum absolute atomic E-state index is 0.0366. The molecule has 0 atom stereocenters. The van der Waals surface area contributed by atoms with Crippen molar-refractivity contribution in [3.05, 3.63) is 76.6 Å². The van der Waals surface area contributed by atoms with Crippen LogP contribution >= 0.6 is 0 Å². The number of pyridine rings is 1. The Bertz CT molecular complexity index is 1030. The van der Waals surface area contributed by atoms with Crippen LogP contribution in [0.2, 0.25) is 0 Å². The Morgan fingerprint density at radius 1 is 1.15 bits per heavy atom. The summed E-state index contributed by atoms with van der Waals surface area (Å²) in [4.78, 5) is 27.9. The number of aromatic nitrogens is 3. The molecule has 5 nitrogen and oxygen atoms in total. The molecule has 1 aliphatic heterocycles. The van der Waals surface area contributed by atoms with Crippen LogP contribution in [0.3, 0.4) is 0 Å². The molecule has 3 aromatic rings. The lowest BCUT2D eigenvalue weighted by Gasteiger charge is -2.29. The van der Waals surface area contributed by atoms with Gasteiger partial charge in [0.2, 0.25) is 0 Å². The topological polar surface area (TPSA) is 59.0 Å².